The molecule has 4 amide bonds. The Balaban J connectivity index is 1.76. The highest BCUT2D eigenvalue weighted by molar-refractivity contribution is 6.53. The van der Waals surface area contributed by atoms with E-state index in [9.17, 15) is 24.3 Å². The summed E-state index contributed by atoms with van der Waals surface area (Å²) in [5.41, 5.74) is 1.22. The fourth-order valence-corrected chi connectivity index (χ4v) is 6.75. The molecule has 2 aliphatic carbocycles. The van der Waals surface area contributed by atoms with Crippen molar-refractivity contribution in [3.63, 3.8) is 0 Å². The Hall–Kier alpha value is -2.38. The Morgan fingerprint density at radius 2 is 1.83 bits per heavy atom. The van der Waals surface area contributed by atoms with Gasteiger partial charge in [-0.2, -0.15) is 0 Å². The molecule has 1 aromatic carbocycles. The third kappa shape index (κ3) is 2.17. The van der Waals surface area contributed by atoms with Crippen molar-refractivity contribution in [2.24, 2.45) is 17.8 Å². The van der Waals surface area contributed by atoms with E-state index < -0.39 is 51.1 Å². The van der Waals surface area contributed by atoms with Crippen molar-refractivity contribution in [3.05, 3.63) is 41.5 Å². The third-order valence-electron chi connectivity index (χ3n) is 7.06. The molecular weight excluding hydrogens is 431 g/mol. The van der Waals surface area contributed by atoms with E-state index >= 15 is 0 Å². The van der Waals surface area contributed by atoms with Crippen LogP contribution < -0.4 is 5.32 Å². The van der Waals surface area contributed by atoms with E-state index in [-0.39, 0.29) is 18.1 Å². The zero-order chi connectivity index (χ0) is 21.6. The summed E-state index contributed by atoms with van der Waals surface area (Å²) in [4.78, 5) is 48.5. The number of likely N-dealkylation sites (tertiary alicyclic amines) is 1. The second-order valence-corrected chi connectivity index (χ2v) is 9.69. The molecule has 30 heavy (non-hydrogen) atoms. The van der Waals surface area contributed by atoms with Gasteiger partial charge < -0.3 is 5.11 Å². The molecule has 2 saturated heterocycles. The fourth-order valence-electron chi connectivity index (χ4n) is 5.73. The molecule has 0 radical (unpaired) electrons. The third-order valence-corrected chi connectivity index (χ3v) is 8.47. The summed E-state index contributed by atoms with van der Waals surface area (Å²) < 4.78 is 0. The van der Waals surface area contributed by atoms with E-state index in [2.05, 4.69) is 5.32 Å². The van der Waals surface area contributed by atoms with Gasteiger partial charge in [-0.3, -0.25) is 29.4 Å². The summed E-state index contributed by atoms with van der Waals surface area (Å²) in [7, 11) is 1.34. The predicted molar refractivity (Wildman–Crippen MR) is 107 cm³/mol. The molecule has 7 nitrogen and oxygen atoms in total. The zero-order valence-corrected chi connectivity index (χ0v) is 17.4. The number of carbonyl (C=O) groups is 4. The van der Waals surface area contributed by atoms with Crippen LogP contribution in [0.3, 0.4) is 0 Å². The van der Waals surface area contributed by atoms with Gasteiger partial charge in [0.05, 0.1) is 11.8 Å². The van der Waals surface area contributed by atoms with Gasteiger partial charge in [-0.05, 0) is 36.5 Å². The molecule has 5 rings (SSSR count). The van der Waals surface area contributed by atoms with Crippen molar-refractivity contribution in [2.75, 3.05) is 7.05 Å². The Kier molecular flexibility index (Phi) is 3.97. The number of phenolic OH excluding ortho intramolecular Hbond substituents is 1. The predicted octanol–water partition coefficient (Wildman–Crippen LogP) is 1.67. The number of alkyl halides is 2. The number of hydrogen-bond donors (Lipinski definition) is 2. The largest absolute Gasteiger partial charge is 0.508 e. The van der Waals surface area contributed by atoms with Crippen molar-refractivity contribution in [1.29, 1.82) is 0 Å². The molecule has 9 heteroatoms. The van der Waals surface area contributed by atoms with Gasteiger partial charge in [0.15, 0.2) is 9.75 Å². The molecule has 2 heterocycles. The van der Waals surface area contributed by atoms with Gasteiger partial charge in [0.1, 0.15) is 5.75 Å². The van der Waals surface area contributed by atoms with Crippen LogP contribution in [0.5, 0.6) is 5.75 Å². The van der Waals surface area contributed by atoms with E-state index in [1.807, 2.05) is 6.08 Å². The molecule has 1 saturated carbocycles. The standard InChI is InChI=1S/C21H18Cl2N2O5/c1-25-18(29)20(22)8-13-11(5-6-12-14(13)17(28)24-16(12)27)15(21(20,23)19(25)30)9-3-2-4-10(26)7-9/h2-5,7,12-15,26H,6,8H2,1H3,(H,24,27,28). The normalized spacial score (nSPS) is 40.0. The van der Waals surface area contributed by atoms with Crippen molar-refractivity contribution in [3.8, 4) is 5.75 Å². The molecule has 2 N–H and O–H groups in total. The van der Waals surface area contributed by atoms with E-state index in [0.29, 0.717) is 17.6 Å². The lowest BCUT2D eigenvalue weighted by atomic mass is 9.56. The van der Waals surface area contributed by atoms with Crippen LogP contribution in [-0.4, -0.2) is 50.4 Å². The van der Waals surface area contributed by atoms with E-state index in [1.54, 1.807) is 12.1 Å². The first-order chi connectivity index (χ1) is 14.1. The van der Waals surface area contributed by atoms with Crippen molar-refractivity contribution in [1.82, 2.24) is 10.2 Å². The number of phenols is 1. The zero-order valence-electron chi connectivity index (χ0n) is 15.9. The maximum absolute atomic E-state index is 13.2. The highest BCUT2D eigenvalue weighted by Gasteiger charge is 2.75. The fraction of sp³-hybridized carbons (Fsp3) is 0.429. The molecule has 0 bridgehead atoms. The summed E-state index contributed by atoms with van der Waals surface area (Å²) in [5.74, 6) is -4.60. The molecule has 6 atom stereocenters. The van der Waals surface area contributed by atoms with Gasteiger partial charge in [-0.1, -0.05) is 23.8 Å². The number of fused-ring (bicyclic) bond motifs is 4. The smallest absolute Gasteiger partial charge is 0.253 e. The summed E-state index contributed by atoms with van der Waals surface area (Å²) in [6.07, 6.45) is 2.13. The number of imide groups is 2. The molecule has 0 aromatic heterocycles. The number of amides is 4. The van der Waals surface area contributed by atoms with Crippen LogP contribution in [0.15, 0.2) is 35.9 Å². The van der Waals surface area contributed by atoms with Crippen LogP contribution >= 0.6 is 23.2 Å². The van der Waals surface area contributed by atoms with Gasteiger partial charge in [0.25, 0.3) is 11.8 Å². The number of nitrogens with zero attached hydrogens (tertiary/aromatic N) is 1. The number of halogens is 2. The number of allylic oxidation sites excluding steroid dienone is 2. The van der Waals surface area contributed by atoms with Crippen LogP contribution in [0.25, 0.3) is 0 Å². The molecule has 2 aliphatic heterocycles. The number of carbonyl (C=O) groups excluding carboxylic acids is 4. The van der Waals surface area contributed by atoms with Crippen LogP contribution in [0.2, 0.25) is 0 Å². The van der Waals surface area contributed by atoms with Gasteiger partial charge in [-0.15, -0.1) is 23.2 Å². The lowest BCUT2D eigenvalue weighted by molar-refractivity contribution is -0.138. The molecular formula is C21H18Cl2N2O5. The summed E-state index contributed by atoms with van der Waals surface area (Å²) in [6.45, 7) is 0. The van der Waals surface area contributed by atoms with Gasteiger partial charge in [0, 0.05) is 13.0 Å². The Morgan fingerprint density at radius 3 is 2.53 bits per heavy atom. The molecule has 156 valence electrons. The summed E-state index contributed by atoms with van der Waals surface area (Å²) >= 11 is 13.9. The minimum absolute atomic E-state index is 0.0248. The monoisotopic (exact) mass is 448 g/mol. The quantitative estimate of drug-likeness (QED) is 0.386. The van der Waals surface area contributed by atoms with E-state index in [4.69, 9.17) is 23.2 Å². The number of hydrogen-bond acceptors (Lipinski definition) is 5. The first kappa shape index (κ1) is 19.6. The number of aromatic hydroxyl groups is 1. The topological polar surface area (TPSA) is 104 Å². The average molecular weight is 449 g/mol. The number of rotatable bonds is 1. The molecule has 3 fully saturated rings. The minimum atomic E-state index is -1.82. The SMILES string of the molecule is CN1C(=O)C2(Cl)CC3C(=CCC4C(=O)NC(=O)C43)C(c3cccc(O)c3)C2(Cl)C1=O. The van der Waals surface area contributed by atoms with Crippen molar-refractivity contribution < 1.29 is 24.3 Å². The Bertz CT molecular complexity index is 1070. The van der Waals surface area contributed by atoms with Crippen LogP contribution in [0, 0.1) is 17.8 Å². The van der Waals surface area contributed by atoms with Crippen LogP contribution in [0.1, 0.15) is 24.3 Å². The van der Waals surface area contributed by atoms with Crippen LogP contribution in [-0.2, 0) is 19.2 Å². The first-order valence-electron chi connectivity index (χ1n) is 9.65. The van der Waals surface area contributed by atoms with Crippen molar-refractivity contribution in [2.45, 2.75) is 28.5 Å². The highest BCUT2D eigenvalue weighted by Crippen LogP contribution is 2.64. The lowest BCUT2D eigenvalue weighted by Crippen LogP contribution is -2.60. The minimum Gasteiger partial charge on any atom is -0.508 e. The lowest BCUT2D eigenvalue weighted by Gasteiger charge is -2.50. The van der Waals surface area contributed by atoms with Crippen LogP contribution in [0.4, 0.5) is 0 Å². The molecule has 1 aromatic rings. The Morgan fingerprint density at radius 1 is 1.10 bits per heavy atom. The molecule has 6 unspecified atom stereocenters. The van der Waals surface area contributed by atoms with Crippen molar-refractivity contribution >= 4 is 46.8 Å². The van der Waals surface area contributed by atoms with Gasteiger partial charge in [0.2, 0.25) is 11.8 Å². The van der Waals surface area contributed by atoms with Gasteiger partial charge in [-0.25, -0.2) is 0 Å². The average Bonchev–Trinajstić information content (AvgIpc) is 3.06. The number of nitrogens with one attached hydrogen (secondary N) is 1. The maximum Gasteiger partial charge on any atom is 0.253 e. The van der Waals surface area contributed by atoms with E-state index in [0.717, 1.165) is 4.90 Å². The summed E-state index contributed by atoms with van der Waals surface area (Å²) in [6, 6.07) is 6.29. The van der Waals surface area contributed by atoms with E-state index in [1.165, 1.54) is 19.2 Å². The number of benzene rings is 1. The van der Waals surface area contributed by atoms with Gasteiger partial charge >= 0.3 is 0 Å². The summed E-state index contributed by atoms with van der Waals surface area (Å²) in [5, 5.41) is 12.4. The second kappa shape index (κ2) is 6.08. The first-order valence-corrected chi connectivity index (χ1v) is 10.4. The molecule has 0 spiro atoms. The highest BCUT2D eigenvalue weighted by atomic mass is 35.5. The maximum atomic E-state index is 13.2. The Labute approximate surface area is 182 Å². The second-order valence-electron chi connectivity index (χ2n) is 8.45. The molecule has 4 aliphatic rings.